The Balaban J connectivity index is 1.36. The largest absolute Gasteiger partial charge is 0.486 e. The molecule has 9 heteroatoms. The van der Waals surface area contributed by atoms with E-state index in [1.165, 1.54) is 0 Å². The average Bonchev–Trinajstić information content (AvgIpc) is 2.72. The fraction of sp³-hybridized carbons (Fsp3) is 0.286. The standard InChI is InChI=1S/C21H22N4O5/c22-20(27)16-9-13-3-1-2-4-14(13)11-25(16)12-19(26)24-21(28)23-15-5-6-17-18(10-15)30-8-7-29-17/h1-6,10,16H,7-9,11-12H2,(H2,22,27)(H2,23,24,26,28). The van der Waals surface area contributed by atoms with E-state index in [9.17, 15) is 14.4 Å². The van der Waals surface area contributed by atoms with Crippen molar-refractivity contribution >= 4 is 23.5 Å². The van der Waals surface area contributed by atoms with Crippen molar-refractivity contribution in [3.8, 4) is 11.5 Å². The molecule has 2 aliphatic rings. The molecule has 4 amide bonds. The number of benzene rings is 2. The van der Waals surface area contributed by atoms with Gasteiger partial charge in [0, 0.05) is 18.3 Å². The second kappa shape index (κ2) is 8.42. The van der Waals surface area contributed by atoms with Crippen LogP contribution in [0.15, 0.2) is 42.5 Å². The van der Waals surface area contributed by atoms with E-state index in [1.54, 1.807) is 23.1 Å². The van der Waals surface area contributed by atoms with Gasteiger partial charge in [-0.2, -0.15) is 0 Å². The molecule has 0 aliphatic carbocycles. The van der Waals surface area contributed by atoms with E-state index >= 15 is 0 Å². The maximum atomic E-state index is 12.4. The predicted octanol–water partition coefficient (Wildman–Crippen LogP) is 1.02. The highest BCUT2D eigenvalue weighted by Crippen LogP contribution is 2.32. The quantitative estimate of drug-likeness (QED) is 0.692. The van der Waals surface area contributed by atoms with Crippen molar-refractivity contribution in [3.05, 3.63) is 53.6 Å². The highest BCUT2D eigenvalue weighted by atomic mass is 16.6. The lowest BCUT2D eigenvalue weighted by atomic mass is 9.93. The first-order valence-corrected chi connectivity index (χ1v) is 9.60. The Morgan fingerprint density at radius 1 is 1.03 bits per heavy atom. The van der Waals surface area contributed by atoms with Crippen LogP contribution in [0, 0.1) is 0 Å². The van der Waals surface area contributed by atoms with Crippen molar-refractivity contribution in [1.29, 1.82) is 0 Å². The number of primary amides is 1. The molecule has 2 aromatic carbocycles. The number of anilines is 1. The molecule has 1 unspecified atom stereocenters. The summed E-state index contributed by atoms with van der Waals surface area (Å²) in [5.74, 6) is 0.0986. The van der Waals surface area contributed by atoms with Gasteiger partial charge in [0.05, 0.1) is 12.6 Å². The number of imide groups is 1. The summed E-state index contributed by atoms with van der Waals surface area (Å²) in [5.41, 5.74) is 8.07. The Bertz CT molecular complexity index is 993. The van der Waals surface area contributed by atoms with Crippen molar-refractivity contribution in [2.24, 2.45) is 5.73 Å². The second-order valence-electron chi connectivity index (χ2n) is 7.16. The third kappa shape index (κ3) is 4.36. The third-order valence-electron chi connectivity index (χ3n) is 5.07. The number of ether oxygens (including phenoxy) is 2. The van der Waals surface area contributed by atoms with E-state index in [0.717, 1.165) is 11.1 Å². The number of nitrogens with one attached hydrogen (secondary N) is 2. The topological polar surface area (TPSA) is 123 Å². The van der Waals surface area contributed by atoms with Crippen LogP contribution in [0.2, 0.25) is 0 Å². The van der Waals surface area contributed by atoms with Crippen molar-refractivity contribution in [2.45, 2.75) is 19.0 Å². The lowest BCUT2D eigenvalue weighted by molar-refractivity contribution is -0.127. The van der Waals surface area contributed by atoms with Gasteiger partial charge in [0.25, 0.3) is 0 Å². The molecule has 2 aromatic rings. The Labute approximate surface area is 173 Å². The van der Waals surface area contributed by atoms with E-state index in [0.29, 0.717) is 43.4 Å². The highest BCUT2D eigenvalue weighted by molar-refractivity contribution is 6.02. The zero-order valence-corrected chi connectivity index (χ0v) is 16.2. The molecule has 0 spiro atoms. The first kappa shape index (κ1) is 19.7. The van der Waals surface area contributed by atoms with Crippen molar-refractivity contribution < 1.29 is 23.9 Å². The van der Waals surface area contributed by atoms with Crippen LogP contribution < -0.4 is 25.8 Å². The van der Waals surface area contributed by atoms with Gasteiger partial charge in [0.1, 0.15) is 13.2 Å². The monoisotopic (exact) mass is 410 g/mol. The van der Waals surface area contributed by atoms with E-state index in [4.69, 9.17) is 15.2 Å². The summed E-state index contributed by atoms with van der Waals surface area (Å²) in [6, 6.07) is 11.4. The first-order valence-electron chi connectivity index (χ1n) is 9.60. The zero-order valence-electron chi connectivity index (χ0n) is 16.2. The van der Waals surface area contributed by atoms with Crippen molar-refractivity contribution in [3.63, 3.8) is 0 Å². The number of rotatable bonds is 4. The van der Waals surface area contributed by atoms with Crippen LogP contribution in [0.25, 0.3) is 0 Å². The summed E-state index contributed by atoms with van der Waals surface area (Å²) in [5, 5.41) is 4.88. The molecule has 0 aromatic heterocycles. The minimum atomic E-state index is -0.676. The molecule has 30 heavy (non-hydrogen) atoms. The smallest absolute Gasteiger partial charge is 0.325 e. The van der Waals surface area contributed by atoms with Crippen LogP contribution in [0.5, 0.6) is 11.5 Å². The zero-order chi connectivity index (χ0) is 21.1. The predicted molar refractivity (Wildman–Crippen MR) is 108 cm³/mol. The molecule has 0 fully saturated rings. The van der Waals surface area contributed by atoms with Gasteiger partial charge in [0.15, 0.2) is 11.5 Å². The Morgan fingerprint density at radius 2 is 1.77 bits per heavy atom. The van der Waals surface area contributed by atoms with E-state index in [2.05, 4.69) is 10.6 Å². The van der Waals surface area contributed by atoms with Gasteiger partial charge in [-0.15, -0.1) is 0 Å². The molecule has 2 heterocycles. The maximum Gasteiger partial charge on any atom is 0.325 e. The first-order chi connectivity index (χ1) is 14.5. The van der Waals surface area contributed by atoms with Crippen LogP contribution in [0.3, 0.4) is 0 Å². The summed E-state index contributed by atoms with van der Waals surface area (Å²) in [4.78, 5) is 38.2. The minimum absolute atomic E-state index is 0.128. The number of fused-ring (bicyclic) bond motifs is 2. The molecule has 9 nitrogen and oxygen atoms in total. The van der Waals surface area contributed by atoms with E-state index < -0.39 is 23.9 Å². The van der Waals surface area contributed by atoms with Gasteiger partial charge in [-0.25, -0.2) is 4.79 Å². The van der Waals surface area contributed by atoms with Crippen LogP contribution in [-0.2, 0) is 22.6 Å². The molecule has 4 rings (SSSR count). The number of carbonyl (C=O) groups is 3. The number of urea groups is 1. The highest BCUT2D eigenvalue weighted by Gasteiger charge is 2.31. The summed E-state index contributed by atoms with van der Waals surface area (Å²) in [6.45, 7) is 1.18. The van der Waals surface area contributed by atoms with Crippen LogP contribution in [-0.4, -0.2) is 48.5 Å². The Morgan fingerprint density at radius 3 is 2.53 bits per heavy atom. The van der Waals surface area contributed by atoms with Gasteiger partial charge in [-0.3, -0.25) is 19.8 Å². The van der Waals surface area contributed by atoms with Crippen LogP contribution in [0.4, 0.5) is 10.5 Å². The number of amides is 4. The van der Waals surface area contributed by atoms with Crippen LogP contribution >= 0.6 is 0 Å². The molecule has 4 N–H and O–H groups in total. The van der Waals surface area contributed by atoms with Gasteiger partial charge >= 0.3 is 6.03 Å². The van der Waals surface area contributed by atoms with Crippen LogP contribution in [0.1, 0.15) is 11.1 Å². The van der Waals surface area contributed by atoms with Crippen molar-refractivity contribution in [1.82, 2.24) is 10.2 Å². The summed E-state index contributed by atoms with van der Waals surface area (Å²) in [7, 11) is 0. The molecule has 1 atom stereocenters. The molecule has 0 saturated heterocycles. The van der Waals surface area contributed by atoms with E-state index in [1.807, 2.05) is 24.3 Å². The number of nitrogens with zero attached hydrogens (tertiary/aromatic N) is 1. The van der Waals surface area contributed by atoms with Gasteiger partial charge in [-0.1, -0.05) is 24.3 Å². The molecule has 2 aliphatic heterocycles. The fourth-order valence-corrected chi connectivity index (χ4v) is 3.66. The van der Waals surface area contributed by atoms with E-state index in [-0.39, 0.29) is 6.54 Å². The number of hydrogen-bond donors (Lipinski definition) is 3. The lowest BCUT2D eigenvalue weighted by Crippen LogP contribution is -2.52. The molecule has 156 valence electrons. The molecule has 0 bridgehead atoms. The molecular formula is C21H22N4O5. The lowest BCUT2D eigenvalue weighted by Gasteiger charge is -2.34. The summed E-state index contributed by atoms with van der Waals surface area (Å²) < 4.78 is 10.9. The summed E-state index contributed by atoms with van der Waals surface area (Å²) >= 11 is 0. The SMILES string of the molecule is NC(=O)C1Cc2ccccc2CN1CC(=O)NC(=O)Nc1ccc2c(c1)OCCO2. The molecule has 0 saturated carbocycles. The third-order valence-corrected chi connectivity index (χ3v) is 5.07. The number of nitrogens with two attached hydrogens (primary N) is 1. The normalized spacial score (nSPS) is 17.5. The average molecular weight is 410 g/mol. The van der Waals surface area contributed by atoms with Gasteiger partial charge in [-0.05, 0) is 29.7 Å². The fourth-order valence-electron chi connectivity index (χ4n) is 3.66. The van der Waals surface area contributed by atoms with Gasteiger partial charge < -0.3 is 20.5 Å². The minimum Gasteiger partial charge on any atom is -0.486 e. The molecule has 0 radical (unpaired) electrons. The molecular weight excluding hydrogens is 388 g/mol. The Kier molecular flexibility index (Phi) is 5.53. The second-order valence-corrected chi connectivity index (χ2v) is 7.16. The van der Waals surface area contributed by atoms with Gasteiger partial charge in [0.2, 0.25) is 11.8 Å². The summed E-state index contributed by atoms with van der Waals surface area (Å²) in [6.07, 6.45) is 0.433. The van der Waals surface area contributed by atoms with Crippen molar-refractivity contribution in [2.75, 3.05) is 25.1 Å². The Hall–Kier alpha value is -3.59. The number of carbonyl (C=O) groups excluding carboxylic acids is 3. The number of hydrogen-bond acceptors (Lipinski definition) is 6. The maximum absolute atomic E-state index is 12.4.